The molecule has 0 saturated carbocycles. The van der Waals surface area contributed by atoms with E-state index in [4.69, 9.17) is 18.0 Å². The number of benzene rings is 1. The molecule has 0 radical (unpaired) electrons. The molecule has 3 N–H and O–H groups in total. The average molecular weight is 356 g/mol. The topological polar surface area (TPSA) is 50.9 Å². The van der Waals surface area contributed by atoms with Gasteiger partial charge in [-0.3, -0.25) is 0 Å². The van der Waals surface area contributed by atoms with Crippen molar-refractivity contribution >= 4 is 50.2 Å². The lowest BCUT2D eigenvalue weighted by Gasteiger charge is -2.11. The number of thiazole rings is 1. The Morgan fingerprint density at radius 3 is 2.95 bits per heavy atom. The number of nitrogens with two attached hydrogens (primary N) is 1. The summed E-state index contributed by atoms with van der Waals surface area (Å²) in [5.41, 5.74) is 8.65. The number of aromatic nitrogens is 1. The molecule has 19 heavy (non-hydrogen) atoms. The lowest BCUT2D eigenvalue weighted by atomic mass is 10.1. The fraction of sp³-hybridized carbons (Fsp3) is 0.231. The summed E-state index contributed by atoms with van der Waals surface area (Å²) in [6.07, 6.45) is 0.883. The molecular weight excluding hydrogens is 342 g/mol. The molecule has 3 nitrogen and oxygen atoms in total. The molecule has 2 aromatic rings. The number of anilines is 1. The summed E-state index contributed by atoms with van der Waals surface area (Å²) in [4.78, 5) is 4.84. The molecule has 6 heteroatoms. The first-order valence-electron chi connectivity index (χ1n) is 5.80. The van der Waals surface area contributed by atoms with Gasteiger partial charge in [0.15, 0.2) is 0 Å². The number of nitrogens with one attached hydrogen (secondary N) is 1. The molecule has 1 aromatic carbocycles. The largest absolute Gasteiger partial charge is 0.389 e. The van der Waals surface area contributed by atoms with E-state index in [-0.39, 0.29) is 0 Å². The van der Waals surface area contributed by atoms with Gasteiger partial charge in [-0.25, -0.2) is 4.98 Å². The second kappa shape index (κ2) is 6.45. The van der Waals surface area contributed by atoms with Gasteiger partial charge < -0.3 is 11.1 Å². The summed E-state index contributed by atoms with van der Waals surface area (Å²) in [7, 11) is 0. The number of thiocarbonyl (C=S) groups is 1. The zero-order valence-corrected chi connectivity index (χ0v) is 13.7. The van der Waals surface area contributed by atoms with E-state index in [0.29, 0.717) is 4.99 Å². The van der Waals surface area contributed by atoms with E-state index in [2.05, 4.69) is 31.6 Å². The number of nitrogens with zero attached hydrogens (tertiary/aromatic N) is 1. The van der Waals surface area contributed by atoms with Crippen molar-refractivity contribution in [1.82, 2.24) is 4.98 Å². The third-order valence-corrected chi connectivity index (χ3v) is 4.15. The highest BCUT2D eigenvalue weighted by molar-refractivity contribution is 9.10. The predicted molar refractivity (Wildman–Crippen MR) is 89.1 cm³/mol. The number of rotatable bonds is 5. The number of halogens is 1. The van der Waals surface area contributed by atoms with Gasteiger partial charge in [0.2, 0.25) is 0 Å². The molecule has 0 bridgehead atoms. The van der Waals surface area contributed by atoms with Gasteiger partial charge in [-0.05, 0) is 25.1 Å². The molecule has 0 spiro atoms. The lowest BCUT2D eigenvalue weighted by Crippen LogP contribution is -2.14. The van der Waals surface area contributed by atoms with E-state index in [9.17, 15) is 0 Å². The summed E-state index contributed by atoms with van der Waals surface area (Å²) in [6.45, 7) is 2.82. The van der Waals surface area contributed by atoms with Crippen molar-refractivity contribution in [2.45, 2.75) is 13.3 Å². The van der Waals surface area contributed by atoms with Crippen LogP contribution in [-0.4, -0.2) is 16.5 Å². The molecule has 1 heterocycles. The highest BCUT2D eigenvalue weighted by Crippen LogP contribution is 2.21. The molecule has 0 aliphatic heterocycles. The zero-order chi connectivity index (χ0) is 13.8. The van der Waals surface area contributed by atoms with Crippen molar-refractivity contribution in [2.24, 2.45) is 5.73 Å². The smallest absolute Gasteiger partial charge is 0.106 e. The van der Waals surface area contributed by atoms with Crippen molar-refractivity contribution in [3.05, 3.63) is 44.3 Å². The van der Waals surface area contributed by atoms with Crippen LogP contribution in [0.3, 0.4) is 0 Å². The zero-order valence-electron chi connectivity index (χ0n) is 10.4. The molecular formula is C13H14BrN3S2. The van der Waals surface area contributed by atoms with Crippen molar-refractivity contribution < 1.29 is 0 Å². The summed E-state index contributed by atoms with van der Waals surface area (Å²) in [5, 5.41) is 6.55. The van der Waals surface area contributed by atoms with Gasteiger partial charge in [0.25, 0.3) is 0 Å². The first-order valence-corrected chi connectivity index (χ1v) is 7.88. The molecule has 0 saturated heterocycles. The SMILES string of the molecule is Cc1nc(CCNc2cc(Br)ccc2C(N)=S)cs1. The van der Waals surface area contributed by atoms with Gasteiger partial charge in [-0.1, -0.05) is 28.1 Å². The van der Waals surface area contributed by atoms with E-state index in [1.165, 1.54) is 0 Å². The summed E-state index contributed by atoms with van der Waals surface area (Å²) >= 11 is 10.2. The monoisotopic (exact) mass is 355 g/mol. The van der Waals surface area contributed by atoms with Gasteiger partial charge in [0.1, 0.15) is 4.99 Å². The maximum absolute atomic E-state index is 5.72. The van der Waals surface area contributed by atoms with Gasteiger partial charge in [-0.2, -0.15) is 0 Å². The Morgan fingerprint density at radius 2 is 2.32 bits per heavy atom. The van der Waals surface area contributed by atoms with Crippen LogP contribution in [0.4, 0.5) is 5.69 Å². The Balaban J connectivity index is 2.02. The van der Waals surface area contributed by atoms with Crippen LogP contribution in [0.1, 0.15) is 16.3 Å². The van der Waals surface area contributed by atoms with Crippen molar-refractivity contribution in [3.63, 3.8) is 0 Å². The minimum absolute atomic E-state index is 0.402. The van der Waals surface area contributed by atoms with E-state index < -0.39 is 0 Å². The summed E-state index contributed by atoms with van der Waals surface area (Å²) in [5.74, 6) is 0. The highest BCUT2D eigenvalue weighted by Gasteiger charge is 2.06. The summed E-state index contributed by atoms with van der Waals surface area (Å²) < 4.78 is 1.000. The average Bonchev–Trinajstić information content (AvgIpc) is 2.75. The first kappa shape index (κ1) is 14.4. The Kier molecular flexibility index (Phi) is 4.90. The molecule has 100 valence electrons. The van der Waals surface area contributed by atoms with Gasteiger partial charge in [-0.15, -0.1) is 11.3 Å². The van der Waals surface area contributed by atoms with Gasteiger partial charge in [0.05, 0.1) is 10.7 Å². The molecule has 0 unspecified atom stereocenters. The van der Waals surface area contributed by atoms with Gasteiger partial charge in [0, 0.05) is 34.1 Å². The van der Waals surface area contributed by atoms with Crippen LogP contribution in [0.15, 0.2) is 28.1 Å². The van der Waals surface area contributed by atoms with E-state index >= 15 is 0 Å². The molecule has 0 aliphatic carbocycles. The quantitative estimate of drug-likeness (QED) is 0.805. The van der Waals surface area contributed by atoms with E-state index in [1.54, 1.807) is 11.3 Å². The lowest BCUT2D eigenvalue weighted by molar-refractivity contribution is 0.968. The second-order valence-electron chi connectivity index (χ2n) is 4.09. The third kappa shape index (κ3) is 3.99. The predicted octanol–water partition coefficient (Wildman–Crippen LogP) is 3.50. The van der Waals surface area contributed by atoms with E-state index in [1.807, 2.05) is 25.1 Å². The molecule has 0 aliphatic rings. The van der Waals surface area contributed by atoms with Gasteiger partial charge >= 0.3 is 0 Å². The Bertz CT molecular complexity index is 595. The maximum Gasteiger partial charge on any atom is 0.106 e. The fourth-order valence-corrected chi connectivity index (χ4v) is 2.91. The highest BCUT2D eigenvalue weighted by atomic mass is 79.9. The van der Waals surface area contributed by atoms with Crippen LogP contribution >= 0.6 is 39.5 Å². The number of hydrogen-bond donors (Lipinski definition) is 2. The van der Waals surface area contributed by atoms with Crippen molar-refractivity contribution in [1.29, 1.82) is 0 Å². The second-order valence-corrected chi connectivity index (χ2v) is 6.51. The normalized spacial score (nSPS) is 10.4. The molecule has 0 amide bonds. The van der Waals surface area contributed by atoms with Crippen LogP contribution < -0.4 is 11.1 Å². The van der Waals surface area contributed by atoms with Crippen LogP contribution in [0.5, 0.6) is 0 Å². The minimum Gasteiger partial charge on any atom is -0.389 e. The molecule has 2 rings (SSSR count). The molecule has 0 fully saturated rings. The number of aryl methyl sites for hydroxylation is 1. The third-order valence-electron chi connectivity index (χ3n) is 2.61. The van der Waals surface area contributed by atoms with Crippen LogP contribution in [-0.2, 0) is 6.42 Å². The van der Waals surface area contributed by atoms with Crippen molar-refractivity contribution in [2.75, 3.05) is 11.9 Å². The minimum atomic E-state index is 0.402. The van der Waals surface area contributed by atoms with Crippen LogP contribution in [0.25, 0.3) is 0 Å². The first-order chi connectivity index (χ1) is 9.06. The maximum atomic E-state index is 5.72. The molecule has 0 atom stereocenters. The fourth-order valence-electron chi connectivity index (χ4n) is 1.73. The Hall–Kier alpha value is -0.980. The summed E-state index contributed by atoms with van der Waals surface area (Å²) in [6, 6.07) is 5.84. The molecule has 1 aromatic heterocycles. The Labute approximate surface area is 130 Å². The number of hydrogen-bond acceptors (Lipinski definition) is 4. The standard InChI is InChI=1S/C13H14BrN3S2/c1-8-17-10(7-19-8)4-5-16-12-6-9(14)2-3-11(12)13(15)18/h2-3,6-7,16H,4-5H2,1H3,(H2,15,18). The van der Waals surface area contributed by atoms with Crippen LogP contribution in [0, 0.1) is 6.92 Å². The van der Waals surface area contributed by atoms with Crippen LogP contribution in [0.2, 0.25) is 0 Å². The van der Waals surface area contributed by atoms with E-state index in [0.717, 1.165) is 39.4 Å². The Morgan fingerprint density at radius 1 is 1.53 bits per heavy atom. The van der Waals surface area contributed by atoms with Crippen molar-refractivity contribution in [3.8, 4) is 0 Å².